The molecule has 0 saturated carbocycles. The number of rotatable bonds is 6. The van der Waals surface area contributed by atoms with Gasteiger partial charge in [0.2, 0.25) is 0 Å². The molecule has 5 N–H and O–H groups in total. The molecule has 0 fully saturated rings. The maximum atomic E-state index is 10.6. The largest absolute Gasteiger partial charge is 0.507 e. The first-order valence-corrected chi connectivity index (χ1v) is 11.4. The fourth-order valence-electron chi connectivity index (χ4n) is 2.80. The maximum Gasteiger partial charge on any atom is 0.191 e. The summed E-state index contributed by atoms with van der Waals surface area (Å²) < 4.78 is 0. The molecule has 0 atom stereocenters. The van der Waals surface area contributed by atoms with E-state index < -0.39 is 0 Å². The van der Waals surface area contributed by atoms with Crippen molar-refractivity contribution < 1.29 is 5.11 Å². The predicted molar refractivity (Wildman–Crippen MR) is 150 cm³/mol. The van der Waals surface area contributed by atoms with Crippen LogP contribution in [-0.4, -0.2) is 27.8 Å². The number of aryl methyl sites for hydroxylation is 1. The van der Waals surface area contributed by atoms with Crippen molar-refractivity contribution in [3.05, 3.63) is 87.4 Å². The highest BCUT2D eigenvalue weighted by atomic mass is 35.5. The van der Waals surface area contributed by atoms with Crippen LogP contribution in [0.15, 0.2) is 70.9 Å². The van der Waals surface area contributed by atoms with E-state index in [0.717, 1.165) is 16.9 Å². The number of benzene rings is 3. The highest BCUT2D eigenvalue weighted by Gasteiger charge is 2.06. The monoisotopic (exact) mass is 530 g/mol. The summed E-state index contributed by atoms with van der Waals surface area (Å²) in [6, 6.07) is 17.8. The summed E-state index contributed by atoms with van der Waals surface area (Å²) >= 11 is 22.4. The summed E-state index contributed by atoms with van der Waals surface area (Å²) in [4.78, 5) is 0. The molecule has 0 heterocycles. The number of anilines is 2. The Morgan fingerprint density at radius 1 is 0.794 bits per heavy atom. The molecule has 0 unspecified atom stereocenters. The van der Waals surface area contributed by atoms with Crippen molar-refractivity contribution in [2.45, 2.75) is 6.92 Å². The molecule has 7 nitrogen and oxygen atoms in total. The molecule has 3 rings (SSSR count). The van der Waals surface area contributed by atoms with E-state index in [0.29, 0.717) is 21.2 Å². The van der Waals surface area contributed by atoms with E-state index in [1.165, 1.54) is 12.4 Å². The molecule has 0 saturated heterocycles. The minimum absolute atomic E-state index is 0.00383. The number of hydrogen-bond donors (Lipinski definition) is 5. The summed E-state index contributed by atoms with van der Waals surface area (Å²) in [7, 11) is 0. The zero-order valence-corrected chi connectivity index (χ0v) is 21.0. The van der Waals surface area contributed by atoms with Crippen molar-refractivity contribution in [2.75, 3.05) is 10.6 Å². The number of halogens is 2. The van der Waals surface area contributed by atoms with Crippen molar-refractivity contribution in [1.29, 1.82) is 0 Å². The van der Waals surface area contributed by atoms with Gasteiger partial charge in [-0.05, 0) is 85.5 Å². The Bertz CT molecular complexity index is 1170. The van der Waals surface area contributed by atoms with E-state index in [1.807, 2.05) is 19.1 Å². The van der Waals surface area contributed by atoms with Crippen LogP contribution in [0.4, 0.5) is 11.4 Å². The van der Waals surface area contributed by atoms with Crippen LogP contribution >= 0.6 is 47.6 Å². The van der Waals surface area contributed by atoms with Gasteiger partial charge in [-0.3, -0.25) is 10.9 Å². The summed E-state index contributed by atoms with van der Waals surface area (Å²) in [5.74, 6) is 0.00383. The number of aromatic hydroxyl groups is 1. The molecule has 3 aromatic carbocycles. The Kier molecular flexibility index (Phi) is 9.17. The lowest BCUT2D eigenvalue weighted by Crippen LogP contribution is -2.24. The second-order valence-corrected chi connectivity index (χ2v) is 8.65. The Labute approximate surface area is 217 Å². The molecule has 0 aliphatic carbocycles. The standard InChI is InChI=1S/C23H20Cl2N6OS2/c1-14-8-15(12-26-30-22(33)28-19-6-2-4-17(24)10-19)21(32)16(9-14)13-27-31-23(34)29-20-7-3-5-18(25)11-20/h2-13,32H,1H3,(H2,28,30,33)(H2,29,31,34)/b26-12-,27-13?. The third-order valence-electron chi connectivity index (χ3n) is 4.22. The third-order valence-corrected chi connectivity index (χ3v) is 5.07. The number of nitrogens with zero attached hydrogens (tertiary/aromatic N) is 2. The van der Waals surface area contributed by atoms with Crippen molar-refractivity contribution in [1.82, 2.24) is 10.9 Å². The van der Waals surface area contributed by atoms with Gasteiger partial charge in [-0.2, -0.15) is 10.2 Å². The Balaban J connectivity index is 1.60. The molecule has 0 aliphatic rings. The maximum absolute atomic E-state index is 10.6. The second kappa shape index (κ2) is 12.3. The fraction of sp³-hybridized carbons (Fsp3) is 0.0435. The molecule has 0 aliphatic heterocycles. The molecular weight excluding hydrogens is 511 g/mol. The molecular formula is C23H20Cl2N6OS2. The Hall–Kier alpha value is -3.24. The van der Waals surface area contributed by atoms with E-state index in [9.17, 15) is 5.11 Å². The van der Waals surface area contributed by atoms with Gasteiger partial charge in [-0.1, -0.05) is 35.3 Å². The van der Waals surface area contributed by atoms with Gasteiger partial charge in [0.25, 0.3) is 0 Å². The molecule has 0 spiro atoms. The normalized spacial score (nSPS) is 10.9. The van der Waals surface area contributed by atoms with Gasteiger partial charge < -0.3 is 15.7 Å². The number of thiocarbonyl (C=S) groups is 2. The zero-order chi connectivity index (χ0) is 24.5. The zero-order valence-electron chi connectivity index (χ0n) is 17.8. The molecule has 0 radical (unpaired) electrons. The lowest BCUT2D eigenvalue weighted by Gasteiger charge is -2.09. The van der Waals surface area contributed by atoms with Gasteiger partial charge >= 0.3 is 0 Å². The van der Waals surface area contributed by atoms with Crippen LogP contribution in [0.2, 0.25) is 10.0 Å². The quantitative estimate of drug-likeness (QED) is 0.160. The van der Waals surface area contributed by atoms with Crippen LogP contribution in [0.5, 0.6) is 5.75 Å². The van der Waals surface area contributed by atoms with Gasteiger partial charge in [-0.15, -0.1) is 0 Å². The number of nitrogens with one attached hydrogen (secondary N) is 4. The van der Waals surface area contributed by atoms with Crippen LogP contribution in [0.3, 0.4) is 0 Å². The van der Waals surface area contributed by atoms with Crippen molar-refractivity contribution >= 4 is 81.7 Å². The number of hydrazone groups is 2. The predicted octanol–water partition coefficient (Wildman–Crippen LogP) is 5.65. The lowest BCUT2D eigenvalue weighted by molar-refractivity contribution is 0.473. The summed E-state index contributed by atoms with van der Waals surface area (Å²) in [6.07, 6.45) is 2.93. The fourth-order valence-corrected chi connectivity index (χ4v) is 3.53. The molecule has 3 aromatic rings. The van der Waals surface area contributed by atoms with Crippen molar-refractivity contribution in [3.63, 3.8) is 0 Å². The van der Waals surface area contributed by atoms with Gasteiger partial charge in [0.15, 0.2) is 10.2 Å². The van der Waals surface area contributed by atoms with E-state index in [-0.39, 0.29) is 16.0 Å². The SMILES string of the molecule is Cc1cc(C=NNC(=S)Nc2cccc(Cl)c2)c(O)c(/C=N\NC(=S)Nc2cccc(Cl)c2)c1. The summed E-state index contributed by atoms with van der Waals surface area (Å²) in [5, 5.41) is 26.5. The lowest BCUT2D eigenvalue weighted by atomic mass is 10.1. The first kappa shape index (κ1) is 25.4. The summed E-state index contributed by atoms with van der Waals surface area (Å²) in [6.45, 7) is 1.89. The highest BCUT2D eigenvalue weighted by molar-refractivity contribution is 7.80. The van der Waals surface area contributed by atoms with E-state index >= 15 is 0 Å². The Morgan fingerprint density at radius 3 is 1.65 bits per heavy atom. The summed E-state index contributed by atoms with van der Waals surface area (Å²) in [5.41, 5.74) is 8.74. The van der Waals surface area contributed by atoms with Crippen LogP contribution in [0, 0.1) is 6.92 Å². The molecule has 0 aromatic heterocycles. The number of phenolic OH excluding ortho intramolecular Hbond substituents is 1. The van der Waals surface area contributed by atoms with Crippen LogP contribution in [-0.2, 0) is 0 Å². The topological polar surface area (TPSA) is 93.1 Å². The molecule has 0 bridgehead atoms. The first-order chi connectivity index (χ1) is 16.3. The van der Waals surface area contributed by atoms with E-state index in [2.05, 4.69) is 31.7 Å². The Morgan fingerprint density at radius 2 is 1.24 bits per heavy atom. The van der Waals surface area contributed by atoms with Gasteiger partial charge in [0.05, 0.1) is 12.4 Å². The minimum Gasteiger partial charge on any atom is -0.507 e. The van der Waals surface area contributed by atoms with Gasteiger partial charge in [0, 0.05) is 32.5 Å². The third kappa shape index (κ3) is 7.96. The smallest absolute Gasteiger partial charge is 0.191 e. The van der Waals surface area contributed by atoms with Crippen LogP contribution in [0.25, 0.3) is 0 Å². The molecule has 11 heteroatoms. The second-order valence-electron chi connectivity index (χ2n) is 6.96. The van der Waals surface area contributed by atoms with E-state index in [1.54, 1.807) is 48.5 Å². The van der Waals surface area contributed by atoms with E-state index in [4.69, 9.17) is 47.6 Å². The minimum atomic E-state index is 0.00383. The number of phenols is 1. The van der Waals surface area contributed by atoms with Crippen molar-refractivity contribution in [3.8, 4) is 5.75 Å². The molecule has 0 amide bonds. The first-order valence-electron chi connectivity index (χ1n) is 9.85. The molecule has 174 valence electrons. The van der Waals surface area contributed by atoms with Gasteiger partial charge in [0.1, 0.15) is 5.75 Å². The van der Waals surface area contributed by atoms with Crippen LogP contribution < -0.4 is 21.5 Å². The average molecular weight is 531 g/mol. The number of hydrogen-bond acceptors (Lipinski definition) is 5. The highest BCUT2D eigenvalue weighted by Crippen LogP contribution is 2.22. The van der Waals surface area contributed by atoms with Gasteiger partial charge in [-0.25, -0.2) is 0 Å². The molecule has 34 heavy (non-hydrogen) atoms. The average Bonchev–Trinajstić information content (AvgIpc) is 2.76. The van der Waals surface area contributed by atoms with Crippen LogP contribution in [0.1, 0.15) is 16.7 Å². The van der Waals surface area contributed by atoms with Crippen molar-refractivity contribution in [2.24, 2.45) is 10.2 Å².